The van der Waals surface area contributed by atoms with Crippen LogP contribution < -0.4 is 10.4 Å². The Morgan fingerprint density at radius 2 is 1.62 bits per heavy atom. The van der Waals surface area contributed by atoms with Crippen molar-refractivity contribution in [1.29, 1.82) is 0 Å². The Morgan fingerprint density at radius 1 is 1.00 bits per heavy atom. The normalized spacial score (nSPS) is 23.9. The fourth-order valence-electron chi connectivity index (χ4n) is 6.90. The van der Waals surface area contributed by atoms with Gasteiger partial charge in [0.25, 0.3) is 8.32 Å². The lowest BCUT2D eigenvalue weighted by atomic mass is 9.88. The van der Waals surface area contributed by atoms with E-state index in [1.165, 1.54) is 15.0 Å². The summed E-state index contributed by atoms with van der Waals surface area (Å²) < 4.78 is 6.72. The number of carbonyl (C=O) groups excluding carboxylic acids is 1. The van der Waals surface area contributed by atoms with Crippen molar-refractivity contribution in [2.75, 3.05) is 0 Å². The van der Waals surface area contributed by atoms with E-state index in [2.05, 4.69) is 80.6 Å². The molecule has 6 heteroatoms. The molecule has 4 aromatic rings. The van der Waals surface area contributed by atoms with Crippen LogP contribution in [0, 0.1) is 11.8 Å². The van der Waals surface area contributed by atoms with Gasteiger partial charge in [-0.25, -0.2) is 0 Å². The van der Waals surface area contributed by atoms with Crippen LogP contribution in [0.1, 0.15) is 43.9 Å². The lowest BCUT2D eigenvalue weighted by Crippen LogP contribution is -2.65. The van der Waals surface area contributed by atoms with E-state index in [0.29, 0.717) is 12.8 Å². The maximum Gasteiger partial charge on any atom is 0.306 e. The van der Waals surface area contributed by atoms with Crippen molar-refractivity contribution in [1.82, 2.24) is 0 Å². The molecule has 6 rings (SSSR count). The molecule has 0 radical (unpaired) electrons. The second-order valence-corrected chi connectivity index (χ2v) is 17.0. The Balaban J connectivity index is 1.40. The number of hydrogen-bond donors (Lipinski definition) is 2. The average Bonchev–Trinajstić information content (AvgIpc) is 3.63. The van der Waals surface area contributed by atoms with Crippen molar-refractivity contribution in [2.45, 2.75) is 56.3 Å². The molecule has 4 nitrogen and oxygen atoms in total. The Kier molecular flexibility index (Phi) is 7.30. The molecule has 1 aromatic heterocycles. The van der Waals surface area contributed by atoms with Crippen LogP contribution in [0.15, 0.2) is 103 Å². The standard InChI is InChI=1S/C34H36O4SSi/c1-34(2,40(37,25-12-5-3-6-13-25)26-14-7-4-8-15-26)22-24(32-19-23-11-9-10-16-31(23)39-32)17-18-27-28-20-33(36)38-30(28)21-29(27)35/h3-19,24,27-30,35,37H,20-22H2,1-2H3/b18-17+/t24-,27+,28+,29+,30-/m0/s1. The summed E-state index contributed by atoms with van der Waals surface area (Å²) in [6.45, 7) is 4.41. The van der Waals surface area contributed by atoms with Gasteiger partial charge in [-0.15, -0.1) is 11.3 Å². The molecule has 0 amide bonds. The van der Waals surface area contributed by atoms with Crippen molar-refractivity contribution in [2.24, 2.45) is 11.8 Å². The molecule has 1 aliphatic carbocycles. The average molecular weight is 569 g/mol. The molecular weight excluding hydrogens is 533 g/mol. The van der Waals surface area contributed by atoms with E-state index in [4.69, 9.17) is 4.74 Å². The molecule has 1 saturated heterocycles. The van der Waals surface area contributed by atoms with Crippen LogP contribution in [-0.4, -0.2) is 36.4 Å². The Bertz CT molecular complexity index is 1440. The minimum Gasteiger partial charge on any atom is -0.462 e. The summed E-state index contributed by atoms with van der Waals surface area (Å²) in [6.07, 6.45) is 5.25. The molecular formula is C34H36O4SSi. The number of hydrogen-bond acceptors (Lipinski definition) is 5. The van der Waals surface area contributed by atoms with Gasteiger partial charge in [0.1, 0.15) is 6.10 Å². The Hall–Kier alpha value is -3.03. The first kappa shape index (κ1) is 27.2. The van der Waals surface area contributed by atoms with Crippen LogP contribution in [0.25, 0.3) is 10.1 Å². The number of aliphatic hydroxyl groups excluding tert-OH is 1. The second kappa shape index (κ2) is 10.7. The summed E-state index contributed by atoms with van der Waals surface area (Å²) >= 11 is 1.79. The van der Waals surface area contributed by atoms with E-state index in [1.807, 2.05) is 36.4 Å². The molecule has 2 N–H and O–H groups in total. The van der Waals surface area contributed by atoms with Crippen molar-refractivity contribution in [3.8, 4) is 0 Å². The van der Waals surface area contributed by atoms with Gasteiger partial charge in [0, 0.05) is 33.8 Å². The van der Waals surface area contributed by atoms with Crippen LogP contribution >= 0.6 is 11.3 Å². The summed E-state index contributed by atoms with van der Waals surface area (Å²) in [5.41, 5.74) is 0. The van der Waals surface area contributed by atoms with Gasteiger partial charge in [-0.3, -0.25) is 4.79 Å². The molecule has 206 valence electrons. The minimum absolute atomic E-state index is 0.0229. The van der Waals surface area contributed by atoms with Crippen molar-refractivity contribution in [3.63, 3.8) is 0 Å². The number of thiophene rings is 1. The predicted molar refractivity (Wildman–Crippen MR) is 165 cm³/mol. The van der Waals surface area contributed by atoms with E-state index < -0.39 is 19.5 Å². The zero-order valence-corrected chi connectivity index (χ0v) is 24.8. The predicted octanol–water partition coefficient (Wildman–Crippen LogP) is 5.78. The van der Waals surface area contributed by atoms with E-state index in [0.717, 1.165) is 16.8 Å². The quantitative estimate of drug-likeness (QED) is 0.161. The zero-order chi connectivity index (χ0) is 27.9. The third kappa shape index (κ3) is 4.88. The van der Waals surface area contributed by atoms with Gasteiger partial charge >= 0.3 is 5.97 Å². The molecule has 0 unspecified atom stereocenters. The number of esters is 1. The summed E-state index contributed by atoms with van der Waals surface area (Å²) in [7, 11) is -3.21. The highest BCUT2D eigenvalue weighted by Gasteiger charge is 2.51. The molecule has 2 heterocycles. The number of carbonyl (C=O) groups is 1. The summed E-state index contributed by atoms with van der Waals surface area (Å²) in [4.78, 5) is 26.0. The summed E-state index contributed by atoms with van der Waals surface area (Å²) in [6, 6.07) is 31.0. The van der Waals surface area contributed by atoms with E-state index in [1.54, 1.807) is 11.3 Å². The molecule has 2 fully saturated rings. The highest BCUT2D eigenvalue weighted by molar-refractivity contribution is 7.19. The monoisotopic (exact) mass is 568 g/mol. The first-order chi connectivity index (χ1) is 19.3. The highest BCUT2D eigenvalue weighted by atomic mass is 32.1. The number of ether oxygens (including phenoxy) is 1. The van der Waals surface area contributed by atoms with Gasteiger partial charge < -0.3 is 14.6 Å². The molecule has 1 saturated carbocycles. The third-order valence-corrected chi connectivity index (χ3v) is 14.8. The first-order valence-corrected chi connectivity index (χ1v) is 16.9. The number of rotatable bonds is 8. The SMILES string of the molecule is CC(C)(C[C@H](/C=C/[C@@H]1[C@H]2CC(=O)O[C@H]2C[C@H]1O)c1cc2ccccc2s1)[Si](O)(c1ccccc1)c1ccccc1. The fraction of sp³-hybridized carbons (Fsp3) is 0.324. The Morgan fingerprint density at radius 3 is 2.27 bits per heavy atom. The van der Waals surface area contributed by atoms with Crippen molar-refractivity contribution >= 4 is 46.1 Å². The topological polar surface area (TPSA) is 66.8 Å². The van der Waals surface area contributed by atoms with E-state index in [9.17, 15) is 14.7 Å². The van der Waals surface area contributed by atoms with Gasteiger partial charge in [0.05, 0.1) is 12.5 Å². The highest BCUT2D eigenvalue weighted by Crippen LogP contribution is 2.48. The van der Waals surface area contributed by atoms with Gasteiger partial charge in [-0.05, 0) is 39.4 Å². The van der Waals surface area contributed by atoms with Gasteiger partial charge in [-0.2, -0.15) is 0 Å². The van der Waals surface area contributed by atoms with Crippen molar-refractivity contribution < 1.29 is 19.4 Å². The minimum atomic E-state index is -3.21. The summed E-state index contributed by atoms with van der Waals surface area (Å²) in [5.74, 6) is -0.224. The van der Waals surface area contributed by atoms with Crippen LogP contribution in [0.3, 0.4) is 0 Å². The smallest absolute Gasteiger partial charge is 0.306 e. The fourth-order valence-corrected chi connectivity index (χ4v) is 11.8. The molecule has 1 aliphatic heterocycles. The van der Waals surface area contributed by atoms with Gasteiger partial charge in [0.2, 0.25) is 0 Å². The lowest BCUT2D eigenvalue weighted by molar-refractivity contribution is -0.141. The van der Waals surface area contributed by atoms with E-state index in [-0.39, 0.29) is 29.8 Å². The lowest BCUT2D eigenvalue weighted by Gasteiger charge is -2.42. The largest absolute Gasteiger partial charge is 0.462 e. The maximum absolute atomic E-state index is 12.8. The molecule has 40 heavy (non-hydrogen) atoms. The second-order valence-electron chi connectivity index (χ2n) is 12.0. The van der Waals surface area contributed by atoms with Crippen LogP contribution in [0.4, 0.5) is 0 Å². The third-order valence-electron chi connectivity index (χ3n) is 9.04. The summed E-state index contributed by atoms with van der Waals surface area (Å²) in [5, 5.41) is 13.6. The van der Waals surface area contributed by atoms with Crippen molar-refractivity contribution in [3.05, 3.63) is 108 Å². The molecule has 0 bridgehead atoms. The van der Waals surface area contributed by atoms with Gasteiger partial charge in [-0.1, -0.05) is 105 Å². The number of fused-ring (bicyclic) bond motifs is 2. The zero-order valence-electron chi connectivity index (χ0n) is 22.9. The number of benzene rings is 3. The number of aliphatic hydroxyl groups is 1. The van der Waals surface area contributed by atoms with Crippen LogP contribution in [-0.2, 0) is 9.53 Å². The number of allylic oxidation sites excluding steroid dienone is 1. The van der Waals surface area contributed by atoms with E-state index >= 15 is 0 Å². The Labute approximate surface area is 241 Å². The first-order valence-electron chi connectivity index (χ1n) is 14.1. The van der Waals surface area contributed by atoms with Gasteiger partial charge in [0.15, 0.2) is 0 Å². The molecule has 5 atom stereocenters. The molecule has 3 aromatic carbocycles. The van der Waals surface area contributed by atoms with Crippen LogP contribution in [0.2, 0.25) is 5.04 Å². The maximum atomic E-state index is 12.8. The van der Waals surface area contributed by atoms with Crippen LogP contribution in [0.5, 0.6) is 0 Å². The molecule has 2 aliphatic rings. The molecule has 0 spiro atoms.